The van der Waals surface area contributed by atoms with E-state index >= 15 is 0 Å². The largest absolute Gasteiger partial charge is 0.462 e. The van der Waals surface area contributed by atoms with Crippen LogP contribution in [-0.2, 0) is 27.2 Å². The van der Waals surface area contributed by atoms with Crippen LogP contribution in [0.2, 0.25) is 0 Å². The highest BCUT2D eigenvalue weighted by Gasteiger charge is 2.26. The first-order valence-corrected chi connectivity index (χ1v) is 15.7. The average molecular weight is 612 g/mol. The molecule has 3 aromatic heterocycles. The molecule has 2 aliphatic rings. The fourth-order valence-electron chi connectivity index (χ4n) is 5.10. The minimum absolute atomic E-state index is 0.352. The second kappa shape index (κ2) is 14.2. The van der Waals surface area contributed by atoms with Gasteiger partial charge in [-0.2, -0.15) is 10.2 Å². The molecule has 45 heavy (non-hydrogen) atoms. The maximum Gasteiger partial charge on any atom is 0.293 e. The molecule has 2 N–H and O–H groups in total. The molecule has 4 heterocycles. The van der Waals surface area contributed by atoms with Crippen LogP contribution in [-0.4, -0.2) is 69.0 Å². The molecule has 1 aliphatic heterocycles. The number of benzene rings is 1. The number of fused-ring (bicyclic) bond motifs is 1. The summed E-state index contributed by atoms with van der Waals surface area (Å²) in [6.07, 6.45) is 9.57. The van der Waals surface area contributed by atoms with Crippen molar-refractivity contribution in [1.29, 1.82) is 0 Å². The Bertz CT molecular complexity index is 1590. The molecule has 0 saturated carbocycles. The molecule has 4 aromatic rings. The van der Waals surface area contributed by atoms with Crippen LogP contribution in [0.15, 0.2) is 61.1 Å². The first-order chi connectivity index (χ1) is 21.6. The molecular weight excluding hydrogens is 566 g/mol. The number of nitrogens with two attached hydrogens (primary N) is 1. The van der Waals surface area contributed by atoms with E-state index in [0.29, 0.717) is 44.6 Å². The lowest BCUT2D eigenvalue weighted by Gasteiger charge is -2.31. The molecule has 1 saturated heterocycles. The minimum Gasteiger partial charge on any atom is -0.462 e. The number of nitrogens with zero attached hydrogens (tertiary/aromatic N) is 6. The van der Waals surface area contributed by atoms with Crippen LogP contribution >= 0.6 is 0 Å². The van der Waals surface area contributed by atoms with Crippen molar-refractivity contribution in [2.45, 2.75) is 65.6 Å². The van der Waals surface area contributed by atoms with Gasteiger partial charge in [-0.1, -0.05) is 44.2 Å². The summed E-state index contributed by atoms with van der Waals surface area (Å²) < 4.78 is 14.6. The quantitative estimate of drug-likeness (QED) is 0.237. The van der Waals surface area contributed by atoms with Gasteiger partial charge in [-0.25, -0.2) is 9.67 Å². The predicted molar refractivity (Wildman–Crippen MR) is 178 cm³/mol. The molecule has 0 amide bonds. The highest BCUT2D eigenvalue weighted by molar-refractivity contribution is 5.90. The number of carbonyl (C=O) groups excluding carboxylic acids is 1. The summed E-state index contributed by atoms with van der Waals surface area (Å²) in [5.74, 6) is 1.42. The summed E-state index contributed by atoms with van der Waals surface area (Å²) in [7, 11) is 0. The van der Waals surface area contributed by atoms with Crippen LogP contribution < -0.4 is 10.6 Å². The zero-order valence-electron chi connectivity index (χ0n) is 27.0. The summed E-state index contributed by atoms with van der Waals surface area (Å²) in [4.78, 5) is 18.2. The molecule has 10 heteroatoms. The fourth-order valence-corrected chi connectivity index (χ4v) is 5.10. The van der Waals surface area contributed by atoms with Gasteiger partial charge in [-0.05, 0) is 44.4 Å². The van der Waals surface area contributed by atoms with E-state index in [9.17, 15) is 4.79 Å². The molecule has 1 unspecified atom stereocenters. The topological polar surface area (TPSA) is 113 Å². The Morgan fingerprint density at radius 1 is 1.09 bits per heavy atom. The molecule has 1 fully saturated rings. The maximum atomic E-state index is 10.8. The summed E-state index contributed by atoms with van der Waals surface area (Å²) in [5, 5.41) is 9.41. The number of allylic oxidation sites excluding steroid dienone is 1. The zero-order chi connectivity index (χ0) is 32.0. The third-order valence-electron chi connectivity index (χ3n) is 8.41. The fraction of sp³-hybridized carbons (Fsp3) is 0.429. The number of ether oxygens (including phenoxy) is 2. The van der Waals surface area contributed by atoms with Crippen molar-refractivity contribution in [1.82, 2.24) is 24.5 Å². The van der Waals surface area contributed by atoms with E-state index in [1.807, 2.05) is 66.8 Å². The molecule has 0 spiro atoms. The number of rotatable bonds is 10. The monoisotopic (exact) mass is 611 g/mol. The number of pyridine rings is 1. The summed E-state index contributed by atoms with van der Waals surface area (Å²) in [5.41, 5.74) is 12.5. The van der Waals surface area contributed by atoms with Gasteiger partial charge in [0, 0.05) is 79.4 Å². The SMILES string of the molecule is CC(C)(CCn1cc(C2=Cc3nc(-n4ccc(-c5ccccc5)n4)cc(N4CCOCC4)c3C2)cn1)OC=O.CC(C)C(C)N. The van der Waals surface area contributed by atoms with Gasteiger partial charge in [0.25, 0.3) is 6.47 Å². The van der Waals surface area contributed by atoms with Gasteiger partial charge >= 0.3 is 0 Å². The van der Waals surface area contributed by atoms with Crippen molar-refractivity contribution in [3.63, 3.8) is 0 Å². The van der Waals surface area contributed by atoms with E-state index in [1.54, 1.807) is 0 Å². The number of carbonyl (C=O) groups is 1. The van der Waals surface area contributed by atoms with E-state index in [1.165, 1.54) is 16.8 Å². The van der Waals surface area contributed by atoms with Gasteiger partial charge in [0.1, 0.15) is 5.60 Å². The van der Waals surface area contributed by atoms with Crippen molar-refractivity contribution in [3.05, 3.63) is 77.9 Å². The second-order valence-electron chi connectivity index (χ2n) is 12.6. The zero-order valence-corrected chi connectivity index (χ0v) is 27.0. The molecule has 0 bridgehead atoms. The number of aryl methyl sites for hydroxylation is 1. The highest BCUT2D eigenvalue weighted by atomic mass is 16.5. The van der Waals surface area contributed by atoms with Crippen molar-refractivity contribution >= 4 is 23.8 Å². The summed E-state index contributed by atoms with van der Waals surface area (Å²) in [6.45, 7) is 14.3. The summed E-state index contributed by atoms with van der Waals surface area (Å²) in [6, 6.07) is 14.7. The third kappa shape index (κ3) is 8.06. The third-order valence-corrected chi connectivity index (χ3v) is 8.41. The first kappa shape index (κ1) is 32.1. The van der Waals surface area contributed by atoms with E-state index < -0.39 is 5.60 Å². The lowest BCUT2D eigenvalue weighted by molar-refractivity contribution is -0.141. The Kier molecular flexibility index (Phi) is 10.1. The minimum atomic E-state index is -0.531. The molecule has 238 valence electrons. The normalized spacial score (nSPS) is 15.3. The standard InChI is InChI=1S/C30H32N6O3.C5H13N/c1-30(2,39-21-37)9-11-35-20-24(19-31-35)23-16-25-27(17-23)32-29(18-28(25)34-12-14-38-15-13-34)36-10-8-26(33-36)22-6-4-3-5-7-22;1-4(2)5(3)6/h3-8,10,17-21H,9,11-16H2,1-2H3;4-5H,6H2,1-3H3. The average Bonchev–Trinajstić information content (AvgIpc) is 3.81. The summed E-state index contributed by atoms with van der Waals surface area (Å²) >= 11 is 0. The lowest BCUT2D eigenvalue weighted by atomic mass is 10.0. The van der Waals surface area contributed by atoms with Crippen LogP contribution in [0.1, 0.15) is 57.9 Å². The van der Waals surface area contributed by atoms with E-state index in [2.05, 4.69) is 54.3 Å². The Balaban J connectivity index is 0.000000609. The van der Waals surface area contributed by atoms with Crippen molar-refractivity contribution in [3.8, 4) is 17.1 Å². The lowest BCUT2D eigenvalue weighted by Crippen LogP contribution is -2.37. The van der Waals surface area contributed by atoms with Gasteiger partial charge in [0.05, 0.1) is 30.8 Å². The molecule has 1 atom stereocenters. The van der Waals surface area contributed by atoms with Crippen LogP contribution in [0.5, 0.6) is 0 Å². The van der Waals surface area contributed by atoms with Crippen LogP contribution in [0.3, 0.4) is 0 Å². The van der Waals surface area contributed by atoms with Crippen LogP contribution in [0.25, 0.3) is 28.7 Å². The van der Waals surface area contributed by atoms with Crippen molar-refractivity contribution in [2.75, 3.05) is 31.2 Å². The molecule has 1 aliphatic carbocycles. The molecule has 10 nitrogen and oxygen atoms in total. The van der Waals surface area contributed by atoms with Gasteiger partial charge in [-0.3, -0.25) is 9.48 Å². The number of morpholine rings is 1. The predicted octanol–water partition coefficient (Wildman–Crippen LogP) is 5.40. The number of hydrogen-bond donors (Lipinski definition) is 1. The number of anilines is 1. The van der Waals surface area contributed by atoms with Crippen molar-refractivity contribution in [2.24, 2.45) is 11.7 Å². The van der Waals surface area contributed by atoms with Gasteiger partial charge in [-0.15, -0.1) is 0 Å². The number of hydrogen-bond acceptors (Lipinski definition) is 8. The van der Waals surface area contributed by atoms with Gasteiger partial charge in [0.15, 0.2) is 5.82 Å². The second-order valence-corrected chi connectivity index (χ2v) is 12.6. The Morgan fingerprint density at radius 3 is 2.51 bits per heavy atom. The molecule has 1 aromatic carbocycles. The van der Waals surface area contributed by atoms with E-state index in [-0.39, 0.29) is 0 Å². The Hall–Kier alpha value is -4.28. The Labute approximate surface area is 265 Å². The highest BCUT2D eigenvalue weighted by Crippen LogP contribution is 2.38. The van der Waals surface area contributed by atoms with Gasteiger partial charge in [0.2, 0.25) is 0 Å². The molecular formula is C35H45N7O3. The maximum absolute atomic E-state index is 10.8. The van der Waals surface area contributed by atoms with E-state index in [0.717, 1.165) is 47.8 Å². The molecule has 0 radical (unpaired) electrons. The smallest absolute Gasteiger partial charge is 0.293 e. The van der Waals surface area contributed by atoms with Gasteiger partial charge < -0.3 is 20.1 Å². The van der Waals surface area contributed by atoms with Crippen LogP contribution in [0.4, 0.5) is 5.69 Å². The van der Waals surface area contributed by atoms with Crippen LogP contribution in [0, 0.1) is 5.92 Å². The Morgan fingerprint density at radius 2 is 1.82 bits per heavy atom. The van der Waals surface area contributed by atoms with E-state index in [4.69, 9.17) is 25.3 Å². The molecule has 6 rings (SSSR count). The number of aromatic nitrogens is 5. The first-order valence-electron chi connectivity index (χ1n) is 15.7. The van der Waals surface area contributed by atoms with Crippen molar-refractivity contribution < 1.29 is 14.3 Å².